The Hall–Kier alpha value is -1.35. The van der Waals surface area contributed by atoms with Gasteiger partial charge in [-0.2, -0.15) is 0 Å². The highest BCUT2D eigenvalue weighted by atomic mass is 32.2. The second-order valence-corrected chi connectivity index (χ2v) is 8.92. The number of aliphatic imine (C=N–C) groups is 1. The summed E-state index contributed by atoms with van der Waals surface area (Å²) >= 11 is 0. The number of piperidine rings is 1. The number of guanidine groups is 1. The third-order valence-electron chi connectivity index (χ3n) is 4.44. The summed E-state index contributed by atoms with van der Waals surface area (Å²) in [6.45, 7) is 6.25. The monoisotopic (exact) mass is 359 g/mol. The van der Waals surface area contributed by atoms with Crippen LogP contribution in [-0.4, -0.2) is 70.2 Å². The molecule has 2 saturated heterocycles. The van der Waals surface area contributed by atoms with E-state index in [-0.39, 0.29) is 23.1 Å². The summed E-state index contributed by atoms with van der Waals surface area (Å²) in [6.07, 6.45) is 2.60. The Bertz CT molecular complexity index is 590. The van der Waals surface area contributed by atoms with Crippen molar-refractivity contribution >= 4 is 21.9 Å². The number of carbonyl (C=O) groups excluding carboxylic acids is 1. The maximum absolute atomic E-state index is 11.9. The molecule has 8 nitrogen and oxygen atoms in total. The van der Waals surface area contributed by atoms with Crippen LogP contribution in [0.4, 0.5) is 0 Å². The van der Waals surface area contributed by atoms with Crippen molar-refractivity contribution in [3.8, 4) is 0 Å². The van der Waals surface area contributed by atoms with E-state index in [0.29, 0.717) is 25.5 Å². The molecular weight excluding hydrogens is 330 g/mol. The molecule has 3 N–H and O–H groups in total. The van der Waals surface area contributed by atoms with Crippen molar-refractivity contribution in [2.75, 3.05) is 39.0 Å². The summed E-state index contributed by atoms with van der Waals surface area (Å²) in [5.41, 5.74) is -0.0156. The van der Waals surface area contributed by atoms with Crippen molar-refractivity contribution in [2.45, 2.75) is 39.2 Å². The van der Waals surface area contributed by atoms with Gasteiger partial charge in [0.15, 0.2) is 5.96 Å². The Morgan fingerprint density at radius 1 is 1.46 bits per heavy atom. The SMILES string of the molecule is CN=C(NCCS(=O)(=O)NC(C)C)N1CCCC2(CNC(=O)C2)C1. The van der Waals surface area contributed by atoms with Gasteiger partial charge in [-0.15, -0.1) is 0 Å². The second-order valence-electron chi connectivity index (χ2n) is 7.04. The third kappa shape index (κ3) is 5.07. The van der Waals surface area contributed by atoms with Crippen molar-refractivity contribution in [3.05, 3.63) is 0 Å². The molecule has 9 heteroatoms. The number of rotatable bonds is 5. The Balaban J connectivity index is 1.89. The summed E-state index contributed by atoms with van der Waals surface area (Å²) in [4.78, 5) is 18.0. The molecule has 1 atom stereocenters. The van der Waals surface area contributed by atoms with Gasteiger partial charge in [0.1, 0.15) is 0 Å². The van der Waals surface area contributed by atoms with E-state index in [2.05, 4.69) is 25.2 Å². The molecule has 1 amide bonds. The molecule has 0 radical (unpaired) electrons. The Kier molecular flexibility index (Phi) is 6.08. The molecule has 2 heterocycles. The molecule has 1 spiro atoms. The molecule has 0 aromatic carbocycles. The lowest BCUT2D eigenvalue weighted by atomic mass is 9.79. The van der Waals surface area contributed by atoms with Gasteiger partial charge in [0, 0.05) is 51.1 Å². The van der Waals surface area contributed by atoms with Gasteiger partial charge in [-0.3, -0.25) is 9.79 Å². The van der Waals surface area contributed by atoms with Crippen molar-refractivity contribution in [2.24, 2.45) is 10.4 Å². The molecule has 2 fully saturated rings. The summed E-state index contributed by atoms with van der Waals surface area (Å²) in [7, 11) is -1.59. The smallest absolute Gasteiger partial charge is 0.220 e. The lowest BCUT2D eigenvalue weighted by molar-refractivity contribution is -0.119. The van der Waals surface area contributed by atoms with Crippen LogP contribution >= 0.6 is 0 Å². The predicted octanol–water partition coefficient (Wildman–Crippen LogP) is -0.508. The minimum Gasteiger partial charge on any atom is -0.355 e. The van der Waals surface area contributed by atoms with Crippen LogP contribution in [0.5, 0.6) is 0 Å². The molecule has 0 aromatic rings. The van der Waals surface area contributed by atoms with Gasteiger partial charge in [-0.05, 0) is 26.7 Å². The molecule has 0 aliphatic carbocycles. The van der Waals surface area contributed by atoms with E-state index in [1.165, 1.54) is 0 Å². The van der Waals surface area contributed by atoms with Crippen LogP contribution in [0.25, 0.3) is 0 Å². The zero-order chi connectivity index (χ0) is 17.8. The number of likely N-dealkylation sites (tertiary alicyclic amines) is 1. The highest BCUT2D eigenvalue weighted by molar-refractivity contribution is 7.89. The van der Waals surface area contributed by atoms with Crippen LogP contribution in [0.1, 0.15) is 33.1 Å². The quantitative estimate of drug-likeness (QED) is 0.453. The lowest BCUT2D eigenvalue weighted by Crippen LogP contribution is -2.52. The highest BCUT2D eigenvalue weighted by Gasteiger charge is 2.42. The average molecular weight is 359 g/mol. The average Bonchev–Trinajstić information content (AvgIpc) is 2.82. The van der Waals surface area contributed by atoms with Gasteiger partial charge in [0.2, 0.25) is 15.9 Å². The van der Waals surface area contributed by atoms with E-state index >= 15 is 0 Å². The maximum atomic E-state index is 11.9. The predicted molar refractivity (Wildman–Crippen MR) is 94.3 cm³/mol. The van der Waals surface area contributed by atoms with Crippen LogP contribution in [0.2, 0.25) is 0 Å². The molecule has 24 heavy (non-hydrogen) atoms. The molecule has 1 unspecified atom stereocenters. The molecule has 0 aromatic heterocycles. The number of hydrogen-bond donors (Lipinski definition) is 3. The number of hydrogen-bond acceptors (Lipinski definition) is 4. The zero-order valence-corrected chi connectivity index (χ0v) is 15.6. The number of amides is 1. The van der Waals surface area contributed by atoms with Crippen LogP contribution in [-0.2, 0) is 14.8 Å². The molecule has 0 saturated carbocycles. The first-order chi connectivity index (χ1) is 11.3. The minimum atomic E-state index is -3.29. The lowest BCUT2D eigenvalue weighted by Gasteiger charge is -2.40. The van der Waals surface area contributed by atoms with Gasteiger partial charge >= 0.3 is 0 Å². The molecule has 138 valence electrons. The van der Waals surface area contributed by atoms with Crippen LogP contribution in [0.3, 0.4) is 0 Å². The fraction of sp³-hybridized carbons (Fsp3) is 0.867. The topological polar surface area (TPSA) is 103 Å². The molecule has 0 bridgehead atoms. The number of nitrogens with zero attached hydrogens (tertiary/aromatic N) is 2. The zero-order valence-electron chi connectivity index (χ0n) is 14.8. The van der Waals surface area contributed by atoms with E-state index in [1.54, 1.807) is 20.9 Å². The fourth-order valence-corrected chi connectivity index (χ4v) is 4.68. The number of nitrogens with one attached hydrogen (secondary N) is 3. The third-order valence-corrected chi connectivity index (χ3v) is 6.01. The van der Waals surface area contributed by atoms with E-state index in [9.17, 15) is 13.2 Å². The van der Waals surface area contributed by atoms with Gasteiger partial charge in [-0.25, -0.2) is 13.1 Å². The van der Waals surface area contributed by atoms with Gasteiger partial charge in [0.25, 0.3) is 0 Å². The summed E-state index contributed by atoms with van der Waals surface area (Å²) in [6, 6.07) is -0.108. The van der Waals surface area contributed by atoms with Crippen molar-refractivity contribution in [1.82, 2.24) is 20.3 Å². The van der Waals surface area contributed by atoms with E-state index in [0.717, 1.165) is 25.9 Å². The Morgan fingerprint density at radius 3 is 2.79 bits per heavy atom. The summed E-state index contributed by atoms with van der Waals surface area (Å²) in [5.74, 6) is 0.822. The fourth-order valence-electron chi connectivity index (χ4n) is 3.48. The normalized spacial score (nSPS) is 25.4. The largest absolute Gasteiger partial charge is 0.355 e. The summed E-state index contributed by atoms with van der Waals surface area (Å²) < 4.78 is 26.3. The van der Waals surface area contributed by atoms with Gasteiger partial charge < -0.3 is 15.5 Å². The summed E-state index contributed by atoms with van der Waals surface area (Å²) in [5, 5.41) is 6.06. The maximum Gasteiger partial charge on any atom is 0.220 e. The first-order valence-electron chi connectivity index (χ1n) is 8.48. The first kappa shape index (κ1) is 19.0. The number of carbonyl (C=O) groups is 1. The standard InChI is InChI=1S/C15H29N5O3S/c1-12(2)19-24(22,23)8-6-17-14(16-3)20-7-4-5-15(11-20)9-13(21)18-10-15/h12,19H,4-11H2,1-3H3,(H,16,17)(H,18,21). The Labute approximate surface area is 144 Å². The highest BCUT2D eigenvalue weighted by Crippen LogP contribution is 2.35. The molecule has 2 aliphatic rings. The first-order valence-corrected chi connectivity index (χ1v) is 10.1. The van der Waals surface area contributed by atoms with Crippen LogP contribution < -0.4 is 15.4 Å². The Morgan fingerprint density at radius 2 is 2.21 bits per heavy atom. The second kappa shape index (κ2) is 7.69. The van der Waals surface area contributed by atoms with Crippen LogP contribution in [0, 0.1) is 5.41 Å². The number of sulfonamides is 1. The van der Waals surface area contributed by atoms with Crippen LogP contribution in [0.15, 0.2) is 4.99 Å². The van der Waals surface area contributed by atoms with Crippen molar-refractivity contribution in [3.63, 3.8) is 0 Å². The van der Waals surface area contributed by atoms with Crippen molar-refractivity contribution < 1.29 is 13.2 Å². The van der Waals surface area contributed by atoms with Gasteiger partial charge in [-0.1, -0.05) is 0 Å². The minimum absolute atomic E-state index is 0.00320. The molecule has 2 rings (SSSR count). The molecular formula is C15H29N5O3S. The van der Waals surface area contributed by atoms with E-state index in [1.807, 2.05) is 0 Å². The van der Waals surface area contributed by atoms with Crippen molar-refractivity contribution in [1.29, 1.82) is 0 Å². The molecule has 2 aliphatic heterocycles. The van der Waals surface area contributed by atoms with E-state index < -0.39 is 10.0 Å². The van der Waals surface area contributed by atoms with E-state index in [4.69, 9.17) is 0 Å². The van der Waals surface area contributed by atoms with Gasteiger partial charge in [0.05, 0.1) is 5.75 Å².